The van der Waals surface area contributed by atoms with Gasteiger partial charge in [-0.15, -0.1) is 0 Å². The van der Waals surface area contributed by atoms with Crippen molar-refractivity contribution in [3.63, 3.8) is 0 Å². The zero-order chi connectivity index (χ0) is 9.71. The molecule has 3 rings (SSSR count). The molecule has 2 aliphatic rings. The Bertz CT molecular complexity index is 359. The summed E-state index contributed by atoms with van der Waals surface area (Å²) in [6.45, 7) is 6.90. The Hall–Kier alpha value is -0.820. The minimum absolute atomic E-state index is 0.872. The second kappa shape index (κ2) is 2.83. The Morgan fingerprint density at radius 2 is 1.86 bits per heavy atom. The Balaban J connectivity index is 1.91. The lowest BCUT2D eigenvalue weighted by Crippen LogP contribution is -2.14. The van der Waals surface area contributed by atoms with Gasteiger partial charge < -0.3 is 5.32 Å². The van der Waals surface area contributed by atoms with E-state index >= 15 is 0 Å². The molecular weight excluding hydrogens is 170 g/mol. The van der Waals surface area contributed by atoms with Gasteiger partial charge in [0.1, 0.15) is 0 Å². The Morgan fingerprint density at radius 3 is 2.50 bits per heavy atom. The molecular formula is C13H17N. The van der Waals surface area contributed by atoms with E-state index in [-0.39, 0.29) is 0 Å². The molecule has 1 aromatic rings. The minimum Gasteiger partial charge on any atom is -0.316 e. The molecule has 1 heteroatoms. The maximum absolute atomic E-state index is 3.45. The third kappa shape index (κ3) is 1.12. The van der Waals surface area contributed by atoms with E-state index in [2.05, 4.69) is 37.4 Å². The highest BCUT2D eigenvalue weighted by Gasteiger charge is 2.53. The number of hydrogen-bond donors (Lipinski definition) is 1. The molecule has 0 bridgehead atoms. The largest absolute Gasteiger partial charge is 0.316 e. The molecule has 2 unspecified atom stereocenters. The van der Waals surface area contributed by atoms with Gasteiger partial charge >= 0.3 is 0 Å². The van der Waals surface area contributed by atoms with Crippen molar-refractivity contribution in [2.45, 2.75) is 19.8 Å². The highest BCUT2D eigenvalue weighted by atomic mass is 15.0. The van der Waals surface area contributed by atoms with E-state index in [4.69, 9.17) is 0 Å². The lowest BCUT2D eigenvalue weighted by Gasteiger charge is -2.09. The highest BCUT2D eigenvalue weighted by Crippen LogP contribution is 2.56. The number of piperidine rings is 1. The molecule has 1 N–H and O–H groups in total. The van der Waals surface area contributed by atoms with Crippen LogP contribution in [0.2, 0.25) is 0 Å². The third-order valence-electron chi connectivity index (χ3n) is 3.88. The summed E-state index contributed by atoms with van der Waals surface area (Å²) < 4.78 is 0. The summed E-state index contributed by atoms with van der Waals surface area (Å²) >= 11 is 0. The van der Waals surface area contributed by atoms with Crippen molar-refractivity contribution in [2.75, 3.05) is 13.1 Å². The summed E-state index contributed by atoms with van der Waals surface area (Å²) in [6, 6.07) is 6.91. The lowest BCUT2D eigenvalue weighted by atomic mass is 9.99. The molecule has 1 saturated heterocycles. The minimum atomic E-state index is 0.872. The molecule has 0 amide bonds. The standard InChI is InChI=1S/C13H17N/c1-8-3-4-10(9(2)5-8)13-11-6-14-7-12(11)13/h3-5,11-14H,6-7H2,1-2H3. The van der Waals surface area contributed by atoms with Crippen LogP contribution in [0.25, 0.3) is 0 Å². The number of rotatable bonds is 1. The fraction of sp³-hybridized carbons (Fsp3) is 0.538. The molecule has 2 atom stereocenters. The molecule has 1 aliphatic heterocycles. The van der Waals surface area contributed by atoms with Crippen molar-refractivity contribution >= 4 is 0 Å². The van der Waals surface area contributed by atoms with Gasteiger partial charge in [-0.05, 0) is 55.8 Å². The first-order chi connectivity index (χ1) is 6.77. The zero-order valence-electron chi connectivity index (χ0n) is 8.88. The van der Waals surface area contributed by atoms with Gasteiger partial charge in [0.15, 0.2) is 0 Å². The summed E-state index contributed by atoms with van der Waals surface area (Å²) in [5, 5.41) is 3.45. The van der Waals surface area contributed by atoms with Crippen LogP contribution >= 0.6 is 0 Å². The number of benzene rings is 1. The molecule has 0 radical (unpaired) electrons. The number of nitrogens with one attached hydrogen (secondary N) is 1. The summed E-state index contributed by atoms with van der Waals surface area (Å²) in [5.74, 6) is 2.75. The maximum atomic E-state index is 3.45. The van der Waals surface area contributed by atoms with Gasteiger partial charge in [0.2, 0.25) is 0 Å². The fourth-order valence-electron chi connectivity index (χ4n) is 3.08. The molecule has 0 spiro atoms. The summed E-state index contributed by atoms with van der Waals surface area (Å²) in [7, 11) is 0. The fourth-order valence-corrected chi connectivity index (χ4v) is 3.08. The summed E-state index contributed by atoms with van der Waals surface area (Å²) in [5.41, 5.74) is 4.48. The number of hydrogen-bond acceptors (Lipinski definition) is 1. The zero-order valence-corrected chi connectivity index (χ0v) is 8.88. The Labute approximate surface area is 85.5 Å². The second-order valence-electron chi connectivity index (χ2n) is 4.87. The van der Waals surface area contributed by atoms with Gasteiger partial charge in [-0.2, -0.15) is 0 Å². The first kappa shape index (κ1) is 8.49. The van der Waals surface area contributed by atoms with Crippen LogP contribution in [0.1, 0.15) is 22.6 Å². The Kier molecular flexibility index (Phi) is 1.72. The van der Waals surface area contributed by atoms with E-state index in [1.165, 1.54) is 24.2 Å². The molecule has 1 aliphatic carbocycles. The molecule has 1 heterocycles. The number of fused-ring (bicyclic) bond motifs is 1. The normalized spacial score (nSPS) is 34.3. The molecule has 14 heavy (non-hydrogen) atoms. The van der Waals surface area contributed by atoms with Crippen molar-refractivity contribution < 1.29 is 0 Å². The quantitative estimate of drug-likeness (QED) is 0.711. The van der Waals surface area contributed by atoms with E-state index in [1.54, 1.807) is 5.56 Å². The van der Waals surface area contributed by atoms with Gasteiger partial charge in [-0.1, -0.05) is 23.8 Å². The van der Waals surface area contributed by atoms with E-state index in [0.717, 1.165) is 17.8 Å². The van der Waals surface area contributed by atoms with Crippen LogP contribution in [0.3, 0.4) is 0 Å². The van der Waals surface area contributed by atoms with Crippen molar-refractivity contribution in [3.05, 3.63) is 34.9 Å². The average molecular weight is 187 g/mol. The summed E-state index contributed by atoms with van der Waals surface area (Å²) in [4.78, 5) is 0. The van der Waals surface area contributed by atoms with E-state index in [1.807, 2.05) is 0 Å². The first-order valence-electron chi connectivity index (χ1n) is 5.55. The van der Waals surface area contributed by atoms with Gasteiger partial charge in [-0.3, -0.25) is 0 Å². The van der Waals surface area contributed by atoms with Crippen LogP contribution in [0.5, 0.6) is 0 Å². The molecule has 74 valence electrons. The monoisotopic (exact) mass is 187 g/mol. The summed E-state index contributed by atoms with van der Waals surface area (Å²) in [6.07, 6.45) is 0. The molecule has 2 fully saturated rings. The van der Waals surface area contributed by atoms with Crippen LogP contribution < -0.4 is 5.32 Å². The smallest absolute Gasteiger partial charge is 0.00111 e. The lowest BCUT2D eigenvalue weighted by molar-refractivity contribution is 0.682. The number of aryl methyl sites for hydroxylation is 2. The topological polar surface area (TPSA) is 12.0 Å². The van der Waals surface area contributed by atoms with Gasteiger partial charge in [-0.25, -0.2) is 0 Å². The molecule has 0 aromatic heterocycles. The van der Waals surface area contributed by atoms with Crippen LogP contribution in [0, 0.1) is 25.7 Å². The van der Waals surface area contributed by atoms with Crippen LogP contribution in [0.4, 0.5) is 0 Å². The molecule has 1 nitrogen and oxygen atoms in total. The van der Waals surface area contributed by atoms with E-state index < -0.39 is 0 Å². The first-order valence-corrected chi connectivity index (χ1v) is 5.55. The van der Waals surface area contributed by atoms with E-state index in [0.29, 0.717) is 0 Å². The predicted molar refractivity (Wildman–Crippen MR) is 58.5 cm³/mol. The SMILES string of the molecule is Cc1ccc(C2C3CNCC32)c(C)c1. The Morgan fingerprint density at radius 1 is 1.14 bits per heavy atom. The van der Waals surface area contributed by atoms with Crippen LogP contribution in [-0.4, -0.2) is 13.1 Å². The molecule has 1 aromatic carbocycles. The van der Waals surface area contributed by atoms with Crippen LogP contribution in [-0.2, 0) is 0 Å². The molecule has 1 saturated carbocycles. The third-order valence-corrected chi connectivity index (χ3v) is 3.88. The van der Waals surface area contributed by atoms with Crippen LogP contribution in [0.15, 0.2) is 18.2 Å². The second-order valence-corrected chi connectivity index (χ2v) is 4.87. The van der Waals surface area contributed by atoms with E-state index in [9.17, 15) is 0 Å². The van der Waals surface area contributed by atoms with Crippen molar-refractivity contribution in [2.24, 2.45) is 11.8 Å². The van der Waals surface area contributed by atoms with Crippen molar-refractivity contribution in [3.8, 4) is 0 Å². The van der Waals surface area contributed by atoms with Gasteiger partial charge in [0.05, 0.1) is 0 Å². The highest BCUT2D eigenvalue weighted by molar-refractivity contribution is 5.38. The van der Waals surface area contributed by atoms with Crippen molar-refractivity contribution in [1.29, 1.82) is 0 Å². The van der Waals surface area contributed by atoms with Gasteiger partial charge in [0, 0.05) is 0 Å². The van der Waals surface area contributed by atoms with Gasteiger partial charge in [0.25, 0.3) is 0 Å². The van der Waals surface area contributed by atoms with Crippen molar-refractivity contribution in [1.82, 2.24) is 5.32 Å². The maximum Gasteiger partial charge on any atom is -0.00111 e. The predicted octanol–water partition coefficient (Wildman–Crippen LogP) is 2.24. The average Bonchev–Trinajstić information content (AvgIpc) is 2.63.